The van der Waals surface area contributed by atoms with E-state index in [1.54, 1.807) is 0 Å². The lowest BCUT2D eigenvalue weighted by atomic mass is 10.1. The van der Waals surface area contributed by atoms with E-state index in [9.17, 15) is 4.79 Å². The topological polar surface area (TPSA) is 70.9 Å². The zero-order valence-corrected chi connectivity index (χ0v) is 13.3. The molecule has 22 heavy (non-hydrogen) atoms. The van der Waals surface area contributed by atoms with E-state index in [0.29, 0.717) is 19.4 Å². The number of carbonyl (C=O) groups is 1. The summed E-state index contributed by atoms with van der Waals surface area (Å²) in [7, 11) is 0. The Bertz CT molecular complexity index is 444. The first-order valence-electron chi connectivity index (χ1n) is 7.93. The van der Waals surface area contributed by atoms with Crippen LogP contribution in [0.15, 0.2) is 29.3 Å². The molecule has 5 heteroatoms. The molecule has 0 saturated carbocycles. The summed E-state index contributed by atoms with van der Waals surface area (Å²) < 4.78 is 5.24. The van der Waals surface area contributed by atoms with Crippen LogP contribution in [0.5, 0.6) is 0 Å². The van der Waals surface area contributed by atoms with Crippen molar-refractivity contribution in [1.82, 2.24) is 5.48 Å². The molecule has 1 aromatic carbocycles. The molecule has 0 saturated heterocycles. The zero-order chi connectivity index (χ0) is 16.0. The molecule has 1 aromatic rings. The highest BCUT2D eigenvalue weighted by Crippen LogP contribution is 2.13. The lowest BCUT2D eigenvalue weighted by Crippen LogP contribution is -2.07. The van der Waals surface area contributed by atoms with Crippen LogP contribution in [-0.2, 0) is 16.0 Å². The van der Waals surface area contributed by atoms with Gasteiger partial charge in [0.25, 0.3) is 0 Å². The van der Waals surface area contributed by atoms with Gasteiger partial charge in [0.2, 0.25) is 0 Å². The van der Waals surface area contributed by atoms with E-state index < -0.39 is 0 Å². The number of carbonyl (C=O) groups excluding carboxylic acids is 1. The minimum Gasteiger partial charge on any atom is -0.465 e. The van der Waals surface area contributed by atoms with Gasteiger partial charge in [-0.25, -0.2) is 4.99 Å². The number of rotatable bonds is 11. The lowest BCUT2D eigenvalue weighted by molar-refractivity contribution is -0.143. The minimum atomic E-state index is -0.105. The van der Waals surface area contributed by atoms with Crippen molar-refractivity contribution in [1.29, 1.82) is 0 Å². The summed E-state index contributed by atoms with van der Waals surface area (Å²) >= 11 is 0. The fraction of sp³-hybridized carbons (Fsp3) is 0.529. The van der Waals surface area contributed by atoms with Crippen molar-refractivity contribution in [2.75, 3.05) is 6.61 Å². The van der Waals surface area contributed by atoms with Crippen LogP contribution >= 0.6 is 0 Å². The number of ether oxygens (including phenoxy) is 1. The van der Waals surface area contributed by atoms with Crippen molar-refractivity contribution in [2.45, 2.75) is 51.9 Å². The molecule has 1 rings (SSSR count). The van der Waals surface area contributed by atoms with Gasteiger partial charge in [-0.1, -0.05) is 44.7 Å². The van der Waals surface area contributed by atoms with Crippen LogP contribution in [0.25, 0.3) is 0 Å². The number of benzene rings is 1. The van der Waals surface area contributed by atoms with Crippen LogP contribution < -0.4 is 5.48 Å². The van der Waals surface area contributed by atoms with E-state index in [2.05, 4.69) is 11.9 Å². The molecular weight excluding hydrogens is 280 g/mol. The van der Waals surface area contributed by atoms with Gasteiger partial charge in [0.1, 0.15) is 6.34 Å². The Balaban J connectivity index is 2.15. The predicted molar refractivity (Wildman–Crippen MR) is 87.6 cm³/mol. The second-order valence-electron chi connectivity index (χ2n) is 5.19. The van der Waals surface area contributed by atoms with Crippen LogP contribution in [0.2, 0.25) is 0 Å². The van der Waals surface area contributed by atoms with Gasteiger partial charge in [-0.15, -0.1) is 0 Å². The molecule has 2 N–H and O–H groups in total. The molecule has 0 fully saturated rings. The Labute approximate surface area is 132 Å². The Morgan fingerprint density at radius 1 is 1.23 bits per heavy atom. The second-order valence-corrected chi connectivity index (χ2v) is 5.19. The molecule has 0 amide bonds. The van der Waals surface area contributed by atoms with Gasteiger partial charge in [0.05, 0.1) is 12.3 Å². The van der Waals surface area contributed by atoms with Crippen molar-refractivity contribution < 1.29 is 14.7 Å². The van der Waals surface area contributed by atoms with Crippen LogP contribution in [-0.4, -0.2) is 24.1 Å². The Kier molecular flexibility index (Phi) is 9.70. The average Bonchev–Trinajstić information content (AvgIpc) is 2.54. The highest BCUT2D eigenvalue weighted by Gasteiger charge is 2.03. The third kappa shape index (κ3) is 8.42. The Hall–Kier alpha value is -1.88. The van der Waals surface area contributed by atoms with Crippen LogP contribution in [0.1, 0.15) is 51.0 Å². The molecule has 0 atom stereocenters. The molecule has 0 unspecified atom stereocenters. The number of unbranched alkanes of at least 4 members (excludes halogenated alkanes) is 4. The van der Waals surface area contributed by atoms with E-state index in [-0.39, 0.29) is 5.97 Å². The molecule has 0 radical (unpaired) electrons. The van der Waals surface area contributed by atoms with Gasteiger partial charge in [-0.3, -0.25) is 15.5 Å². The standard InChI is InChI=1S/C17H26N2O3/c1-2-3-4-5-6-7-17(20)22-13-12-15-8-10-16(11-9-15)18-14-19-21/h8-11,14,21H,2-7,12-13H2,1H3,(H,18,19). The summed E-state index contributed by atoms with van der Waals surface area (Å²) in [6.45, 7) is 2.59. The van der Waals surface area contributed by atoms with Gasteiger partial charge in [0.15, 0.2) is 0 Å². The van der Waals surface area contributed by atoms with Crippen molar-refractivity contribution >= 4 is 18.0 Å². The normalized spacial score (nSPS) is 10.8. The van der Waals surface area contributed by atoms with Crippen molar-refractivity contribution in [3.63, 3.8) is 0 Å². The summed E-state index contributed by atoms with van der Waals surface area (Å²) in [6.07, 6.45) is 8.10. The van der Waals surface area contributed by atoms with Crippen LogP contribution in [0.4, 0.5) is 5.69 Å². The van der Waals surface area contributed by atoms with E-state index in [4.69, 9.17) is 9.94 Å². The Morgan fingerprint density at radius 2 is 1.95 bits per heavy atom. The number of hydrogen-bond donors (Lipinski definition) is 2. The molecule has 0 bridgehead atoms. The van der Waals surface area contributed by atoms with Gasteiger partial charge in [-0.2, -0.15) is 0 Å². The first-order chi connectivity index (χ1) is 10.8. The van der Waals surface area contributed by atoms with E-state index in [1.165, 1.54) is 25.6 Å². The maximum Gasteiger partial charge on any atom is 0.305 e. The molecule has 0 aliphatic heterocycles. The molecule has 5 nitrogen and oxygen atoms in total. The first kappa shape index (κ1) is 18.2. The molecule has 0 aliphatic rings. The number of esters is 1. The molecule has 0 heterocycles. The molecule has 122 valence electrons. The third-order valence-corrected chi connectivity index (χ3v) is 3.35. The number of hydroxylamine groups is 1. The van der Waals surface area contributed by atoms with Crippen molar-refractivity contribution in [3.8, 4) is 0 Å². The number of hydrogen-bond acceptors (Lipinski definition) is 4. The third-order valence-electron chi connectivity index (χ3n) is 3.35. The van der Waals surface area contributed by atoms with Crippen LogP contribution in [0.3, 0.4) is 0 Å². The second kappa shape index (κ2) is 11.7. The van der Waals surface area contributed by atoms with Gasteiger partial charge in [-0.05, 0) is 24.1 Å². The molecular formula is C17H26N2O3. The smallest absolute Gasteiger partial charge is 0.305 e. The predicted octanol–water partition coefficient (Wildman–Crippen LogP) is 3.77. The summed E-state index contributed by atoms with van der Waals surface area (Å²) in [5, 5.41) is 8.41. The largest absolute Gasteiger partial charge is 0.465 e. The zero-order valence-electron chi connectivity index (χ0n) is 13.3. The maximum absolute atomic E-state index is 11.6. The van der Waals surface area contributed by atoms with E-state index >= 15 is 0 Å². The number of nitrogens with one attached hydrogen (secondary N) is 1. The highest BCUT2D eigenvalue weighted by molar-refractivity contribution is 5.69. The summed E-state index contributed by atoms with van der Waals surface area (Å²) in [5.74, 6) is -0.105. The quantitative estimate of drug-likeness (QED) is 0.215. The summed E-state index contributed by atoms with van der Waals surface area (Å²) in [6, 6.07) is 7.56. The fourth-order valence-corrected chi connectivity index (χ4v) is 2.08. The summed E-state index contributed by atoms with van der Waals surface area (Å²) in [5.41, 5.74) is 3.69. The van der Waals surface area contributed by atoms with Gasteiger partial charge < -0.3 is 4.74 Å². The number of nitrogens with zero attached hydrogens (tertiary/aromatic N) is 1. The van der Waals surface area contributed by atoms with Gasteiger partial charge >= 0.3 is 5.97 Å². The molecule has 0 spiro atoms. The lowest BCUT2D eigenvalue weighted by Gasteiger charge is -2.05. The minimum absolute atomic E-state index is 0.105. The van der Waals surface area contributed by atoms with E-state index in [0.717, 1.165) is 24.1 Å². The van der Waals surface area contributed by atoms with E-state index in [1.807, 2.05) is 29.7 Å². The maximum atomic E-state index is 11.6. The van der Waals surface area contributed by atoms with Gasteiger partial charge in [0, 0.05) is 12.8 Å². The van der Waals surface area contributed by atoms with Crippen molar-refractivity contribution in [2.24, 2.45) is 4.99 Å². The fourth-order valence-electron chi connectivity index (χ4n) is 2.08. The average molecular weight is 306 g/mol. The number of aliphatic imine (C=N–C) groups is 1. The monoisotopic (exact) mass is 306 g/mol. The first-order valence-corrected chi connectivity index (χ1v) is 7.93. The van der Waals surface area contributed by atoms with Crippen molar-refractivity contribution in [3.05, 3.63) is 29.8 Å². The highest BCUT2D eigenvalue weighted by atomic mass is 16.5. The van der Waals surface area contributed by atoms with Crippen LogP contribution in [0, 0.1) is 0 Å². The SMILES string of the molecule is CCCCCCCC(=O)OCCc1ccc(N=CNO)cc1. The summed E-state index contributed by atoms with van der Waals surface area (Å²) in [4.78, 5) is 15.5. The molecule has 0 aliphatic carbocycles. The molecule has 0 aromatic heterocycles. The Morgan fingerprint density at radius 3 is 2.64 bits per heavy atom.